The van der Waals surface area contributed by atoms with Crippen LogP contribution in [0.2, 0.25) is 5.15 Å². The summed E-state index contributed by atoms with van der Waals surface area (Å²) in [4.78, 5) is 9.08. The van der Waals surface area contributed by atoms with Gasteiger partial charge in [0, 0.05) is 18.7 Å². The van der Waals surface area contributed by atoms with Crippen LogP contribution in [0.15, 0.2) is 6.20 Å². The molecule has 0 atom stereocenters. The number of hydrogen-bond acceptors (Lipinski definition) is 3. The van der Waals surface area contributed by atoms with E-state index in [1.165, 1.54) is 0 Å². The standard InChI is InChI=1S/C13H16ClIN4/c1-7-8(6-19(5)18-7)12-16-10(13(2,3)4)9(15)11(14)17-12/h6H,1-5H3. The van der Waals surface area contributed by atoms with Gasteiger partial charge in [-0.05, 0) is 29.5 Å². The van der Waals surface area contributed by atoms with Gasteiger partial charge in [0.05, 0.1) is 20.5 Å². The zero-order chi connectivity index (χ0) is 14.4. The second-order valence-electron chi connectivity index (χ2n) is 5.55. The summed E-state index contributed by atoms with van der Waals surface area (Å²) < 4.78 is 2.67. The van der Waals surface area contributed by atoms with E-state index in [4.69, 9.17) is 16.6 Å². The van der Waals surface area contributed by atoms with Crippen molar-refractivity contribution in [3.63, 3.8) is 0 Å². The van der Waals surface area contributed by atoms with E-state index in [0.29, 0.717) is 11.0 Å². The zero-order valence-corrected chi connectivity index (χ0v) is 14.5. The molecule has 2 heterocycles. The molecule has 19 heavy (non-hydrogen) atoms. The topological polar surface area (TPSA) is 43.6 Å². The van der Waals surface area contributed by atoms with E-state index >= 15 is 0 Å². The molecule has 0 aromatic carbocycles. The third-order valence-corrected chi connectivity index (χ3v) is 4.39. The Labute approximate surface area is 131 Å². The maximum atomic E-state index is 6.25. The molecule has 0 saturated heterocycles. The van der Waals surface area contributed by atoms with Crippen LogP contribution in [0.3, 0.4) is 0 Å². The van der Waals surface area contributed by atoms with E-state index < -0.39 is 0 Å². The number of rotatable bonds is 1. The van der Waals surface area contributed by atoms with Gasteiger partial charge in [-0.1, -0.05) is 32.4 Å². The SMILES string of the molecule is Cc1nn(C)cc1-c1nc(Cl)c(I)c(C(C)(C)C)n1. The highest BCUT2D eigenvalue weighted by molar-refractivity contribution is 14.1. The molecule has 102 valence electrons. The molecule has 4 nitrogen and oxygen atoms in total. The van der Waals surface area contributed by atoms with Crippen LogP contribution in [0.25, 0.3) is 11.4 Å². The number of halogens is 2. The van der Waals surface area contributed by atoms with Crippen molar-refractivity contribution in [3.8, 4) is 11.4 Å². The Bertz CT molecular complexity index is 628. The summed E-state index contributed by atoms with van der Waals surface area (Å²) in [6, 6.07) is 0. The quantitative estimate of drug-likeness (QED) is 0.550. The fraction of sp³-hybridized carbons (Fsp3) is 0.462. The monoisotopic (exact) mass is 390 g/mol. The van der Waals surface area contributed by atoms with E-state index in [1.54, 1.807) is 4.68 Å². The van der Waals surface area contributed by atoms with Gasteiger partial charge in [-0.25, -0.2) is 9.97 Å². The van der Waals surface area contributed by atoms with Crippen LogP contribution < -0.4 is 0 Å². The van der Waals surface area contributed by atoms with Crippen molar-refractivity contribution in [1.82, 2.24) is 19.7 Å². The first-order valence-corrected chi connectivity index (χ1v) is 7.40. The molecule has 0 aliphatic heterocycles. The smallest absolute Gasteiger partial charge is 0.164 e. The van der Waals surface area contributed by atoms with Gasteiger partial charge in [-0.2, -0.15) is 5.10 Å². The Kier molecular flexibility index (Phi) is 3.88. The molecule has 2 rings (SSSR count). The fourth-order valence-electron chi connectivity index (χ4n) is 1.86. The number of aryl methyl sites for hydroxylation is 2. The fourth-order valence-corrected chi connectivity index (χ4v) is 3.08. The molecule has 0 aliphatic carbocycles. The Hall–Kier alpha value is -0.690. The number of aromatic nitrogens is 4. The lowest BCUT2D eigenvalue weighted by Gasteiger charge is -2.20. The largest absolute Gasteiger partial charge is 0.275 e. The summed E-state index contributed by atoms with van der Waals surface area (Å²) in [6.07, 6.45) is 1.92. The van der Waals surface area contributed by atoms with Crippen molar-refractivity contribution < 1.29 is 0 Å². The predicted molar refractivity (Wildman–Crippen MR) is 85.4 cm³/mol. The summed E-state index contributed by atoms with van der Waals surface area (Å²) in [7, 11) is 1.88. The minimum Gasteiger partial charge on any atom is -0.275 e. The molecule has 2 aromatic rings. The molecule has 0 unspecified atom stereocenters. The predicted octanol–water partition coefficient (Wildman–Crippen LogP) is 3.74. The molecule has 6 heteroatoms. The van der Waals surface area contributed by atoms with Gasteiger partial charge in [-0.3, -0.25) is 4.68 Å². The molecule has 0 radical (unpaired) electrons. The first-order chi connectivity index (χ1) is 8.70. The van der Waals surface area contributed by atoms with Crippen LogP contribution in [-0.2, 0) is 12.5 Å². The molecule has 0 N–H and O–H groups in total. The normalized spacial score (nSPS) is 11.9. The van der Waals surface area contributed by atoms with Crippen molar-refractivity contribution >= 4 is 34.2 Å². The van der Waals surface area contributed by atoms with Crippen LogP contribution in [0.4, 0.5) is 0 Å². The van der Waals surface area contributed by atoms with Crippen molar-refractivity contribution in [2.45, 2.75) is 33.1 Å². The van der Waals surface area contributed by atoms with Gasteiger partial charge in [-0.15, -0.1) is 0 Å². The second-order valence-corrected chi connectivity index (χ2v) is 6.99. The van der Waals surface area contributed by atoms with E-state index in [9.17, 15) is 0 Å². The molecular formula is C13H16ClIN4. The Balaban J connectivity index is 2.67. The summed E-state index contributed by atoms with van der Waals surface area (Å²) in [5, 5.41) is 4.82. The van der Waals surface area contributed by atoms with Crippen molar-refractivity contribution in [3.05, 3.63) is 26.3 Å². The zero-order valence-electron chi connectivity index (χ0n) is 11.6. The molecular weight excluding hydrogens is 375 g/mol. The van der Waals surface area contributed by atoms with Crippen LogP contribution in [0.1, 0.15) is 32.2 Å². The minimum absolute atomic E-state index is 0.0754. The molecule has 0 bridgehead atoms. The van der Waals surface area contributed by atoms with E-state index in [-0.39, 0.29) is 5.41 Å². The molecule has 0 saturated carbocycles. The minimum atomic E-state index is -0.0754. The lowest BCUT2D eigenvalue weighted by molar-refractivity contribution is 0.563. The van der Waals surface area contributed by atoms with Gasteiger partial charge >= 0.3 is 0 Å². The van der Waals surface area contributed by atoms with Crippen molar-refractivity contribution in [2.75, 3.05) is 0 Å². The second kappa shape index (κ2) is 5.01. The first-order valence-electron chi connectivity index (χ1n) is 5.94. The van der Waals surface area contributed by atoms with Crippen LogP contribution in [0, 0.1) is 10.5 Å². The summed E-state index contributed by atoms with van der Waals surface area (Å²) in [6.45, 7) is 8.30. The van der Waals surface area contributed by atoms with E-state index in [2.05, 4.69) is 53.4 Å². The maximum Gasteiger partial charge on any atom is 0.164 e. The van der Waals surface area contributed by atoms with Crippen LogP contribution in [0.5, 0.6) is 0 Å². The van der Waals surface area contributed by atoms with Crippen LogP contribution >= 0.6 is 34.2 Å². The highest BCUT2D eigenvalue weighted by Crippen LogP contribution is 2.31. The van der Waals surface area contributed by atoms with E-state index in [1.807, 2.05) is 20.2 Å². The average molecular weight is 391 g/mol. The van der Waals surface area contributed by atoms with Gasteiger partial charge in [0.2, 0.25) is 0 Å². The Morgan fingerprint density at radius 1 is 1.26 bits per heavy atom. The maximum absolute atomic E-state index is 6.25. The summed E-state index contributed by atoms with van der Waals surface area (Å²) >= 11 is 8.45. The van der Waals surface area contributed by atoms with Gasteiger partial charge < -0.3 is 0 Å². The van der Waals surface area contributed by atoms with Gasteiger partial charge in [0.15, 0.2) is 5.82 Å². The average Bonchev–Trinajstić information content (AvgIpc) is 2.60. The van der Waals surface area contributed by atoms with Crippen molar-refractivity contribution in [1.29, 1.82) is 0 Å². The summed E-state index contributed by atoms with van der Waals surface area (Å²) in [5.74, 6) is 0.640. The molecule has 2 aromatic heterocycles. The van der Waals surface area contributed by atoms with Crippen molar-refractivity contribution in [2.24, 2.45) is 7.05 Å². The first kappa shape index (κ1) is 14.7. The third-order valence-electron chi connectivity index (χ3n) is 2.78. The number of nitrogens with zero attached hydrogens (tertiary/aromatic N) is 4. The molecule has 0 amide bonds. The van der Waals surface area contributed by atoms with Gasteiger partial charge in [0.25, 0.3) is 0 Å². The summed E-state index contributed by atoms with van der Waals surface area (Å²) in [5.41, 5.74) is 2.71. The van der Waals surface area contributed by atoms with Gasteiger partial charge in [0.1, 0.15) is 5.15 Å². The lowest BCUT2D eigenvalue weighted by atomic mass is 9.92. The lowest BCUT2D eigenvalue weighted by Crippen LogP contribution is -2.17. The third kappa shape index (κ3) is 2.91. The molecule has 0 aliphatic rings. The molecule has 0 spiro atoms. The van der Waals surface area contributed by atoms with Crippen LogP contribution in [-0.4, -0.2) is 19.7 Å². The highest BCUT2D eigenvalue weighted by atomic mass is 127. The molecule has 0 fully saturated rings. The van der Waals surface area contributed by atoms with E-state index in [0.717, 1.165) is 20.5 Å². The Morgan fingerprint density at radius 2 is 1.89 bits per heavy atom. The number of hydrogen-bond donors (Lipinski definition) is 0. The Morgan fingerprint density at radius 3 is 2.37 bits per heavy atom. The highest BCUT2D eigenvalue weighted by Gasteiger charge is 2.23.